The summed E-state index contributed by atoms with van der Waals surface area (Å²) in [5, 5.41) is 2.98. The van der Waals surface area contributed by atoms with E-state index in [-0.39, 0.29) is 24.4 Å². The van der Waals surface area contributed by atoms with Crippen molar-refractivity contribution in [1.82, 2.24) is 5.32 Å². The summed E-state index contributed by atoms with van der Waals surface area (Å²) in [6.45, 7) is 5.72. The van der Waals surface area contributed by atoms with Crippen LogP contribution < -0.4 is 9.62 Å². The molecule has 0 radical (unpaired) electrons. The molecule has 0 fully saturated rings. The maximum atomic E-state index is 12.8. The Labute approximate surface area is 180 Å². The topological polar surface area (TPSA) is 66.5 Å². The molecule has 1 amide bonds. The molecule has 0 aliphatic heterocycles. The van der Waals surface area contributed by atoms with Crippen LogP contribution in [-0.2, 0) is 27.7 Å². The minimum absolute atomic E-state index is 0.142. The van der Waals surface area contributed by atoms with Gasteiger partial charge in [0.2, 0.25) is 15.9 Å². The van der Waals surface area contributed by atoms with E-state index in [4.69, 9.17) is 0 Å². The number of amides is 1. The van der Waals surface area contributed by atoms with Gasteiger partial charge in [-0.3, -0.25) is 9.10 Å². The van der Waals surface area contributed by atoms with Crippen LogP contribution in [0.1, 0.15) is 67.8 Å². The zero-order chi connectivity index (χ0) is 21.9. The average Bonchev–Trinajstić information content (AvgIpc) is 2.70. The van der Waals surface area contributed by atoms with Gasteiger partial charge in [0, 0.05) is 0 Å². The van der Waals surface area contributed by atoms with Crippen molar-refractivity contribution in [3.63, 3.8) is 0 Å². The molecule has 1 aliphatic rings. The van der Waals surface area contributed by atoms with E-state index in [9.17, 15) is 13.2 Å². The molecule has 162 valence electrons. The van der Waals surface area contributed by atoms with Crippen molar-refractivity contribution in [2.75, 3.05) is 17.1 Å². The number of carbonyl (C=O) groups excluding carboxylic acids is 1. The third-order valence-corrected chi connectivity index (χ3v) is 6.89. The van der Waals surface area contributed by atoms with Crippen LogP contribution in [0.25, 0.3) is 0 Å². The number of rotatable bonds is 7. The zero-order valence-electron chi connectivity index (χ0n) is 18.3. The Hall–Kier alpha value is -2.34. The van der Waals surface area contributed by atoms with Crippen molar-refractivity contribution in [3.8, 4) is 0 Å². The van der Waals surface area contributed by atoms with Crippen LogP contribution in [0, 0.1) is 0 Å². The van der Waals surface area contributed by atoms with Gasteiger partial charge >= 0.3 is 0 Å². The lowest BCUT2D eigenvalue weighted by molar-refractivity contribution is -0.120. The van der Waals surface area contributed by atoms with E-state index in [1.165, 1.54) is 28.3 Å². The van der Waals surface area contributed by atoms with E-state index >= 15 is 0 Å². The largest absolute Gasteiger partial charge is 0.348 e. The summed E-state index contributed by atoms with van der Waals surface area (Å²) >= 11 is 0. The van der Waals surface area contributed by atoms with Crippen LogP contribution in [0.5, 0.6) is 0 Å². The Morgan fingerprint density at radius 1 is 1.03 bits per heavy atom. The predicted octanol–water partition coefficient (Wildman–Crippen LogP) is 4.33. The third kappa shape index (κ3) is 5.22. The Kier molecular flexibility index (Phi) is 6.86. The second-order valence-electron chi connectivity index (χ2n) is 8.51. The van der Waals surface area contributed by atoms with Crippen LogP contribution >= 0.6 is 0 Å². The van der Waals surface area contributed by atoms with E-state index in [2.05, 4.69) is 23.5 Å². The fourth-order valence-corrected chi connectivity index (χ4v) is 4.98. The normalized spacial score (nSPS) is 14.8. The monoisotopic (exact) mass is 428 g/mol. The van der Waals surface area contributed by atoms with Gasteiger partial charge in [-0.15, -0.1) is 0 Å². The first kappa shape index (κ1) is 22.3. The molecule has 6 heteroatoms. The molecule has 2 aromatic rings. The van der Waals surface area contributed by atoms with Crippen molar-refractivity contribution in [2.24, 2.45) is 0 Å². The summed E-state index contributed by atoms with van der Waals surface area (Å²) < 4.78 is 26.2. The number of para-hydroxylation sites is 1. The molecule has 30 heavy (non-hydrogen) atoms. The standard InChI is InChI=1S/C24H32N2O3S/c1-17(2)22-11-7-8-12-23(22)26(30(4,28)29)16-24(27)25-18(3)20-14-13-19-9-5-6-10-21(19)15-20/h7-8,11-15,17-18H,5-6,9-10,16H2,1-4H3,(H,25,27)/t18-/m1/s1. The van der Waals surface area contributed by atoms with Crippen molar-refractivity contribution < 1.29 is 13.2 Å². The van der Waals surface area contributed by atoms with Gasteiger partial charge < -0.3 is 5.32 Å². The van der Waals surface area contributed by atoms with Gasteiger partial charge in [0.05, 0.1) is 18.0 Å². The lowest BCUT2D eigenvalue weighted by Crippen LogP contribution is -2.41. The van der Waals surface area contributed by atoms with E-state index in [1.54, 1.807) is 12.1 Å². The first-order valence-electron chi connectivity index (χ1n) is 10.6. The van der Waals surface area contributed by atoms with Crippen molar-refractivity contribution in [1.29, 1.82) is 0 Å². The minimum Gasteiger partial charge on any atom is -0.348 e. The molecule has 0 heterocycles. The van der Waals surface area contributed by atoms with E-state index in [0.29, 0.717) is 5.69 Å². The fraction of sp³-hybridized carbons (Fsp3) is 0.458. The van der Waals surface area contributed by atoms with Crippen molar-refractivity contribution >= 4 is 21.6 Å². The first-order chi connectivity index (χ1) is 14.2. The van der Waals surface area contributed by atoms with Gasteiger partial charge in [0.15, 0.2) is 0 Å². The highest BCUT2D eigenvalue weighted by Crippen LogP contribution is 2.29. The van der Waals surface area contributed by atoms with Gasteiger partial charge in [-0.1, -0.05) is 50.2 Å². The Morgan fingerprint density at radius 2 is 1.70 bits per heavy atom. The highest BCUT2D eigenvalue weighted by molar-refractivity contribution is 7.92. The molecule has 0 aromatic heterocycles. The number of hydrogen-bond donors (Lipinski definition) is 1. The van der Waals surface area contributed by atoms with Crippen LogP contribution in [0.3, 0.4) is 0 Å². The number of carbonyl (C=O) groups is 1. The molecule has 0 saturated heterocycles. The molecule has 0 unspecified atom stereocenters. The van der Waals surface area contributed by atoms with Gasteiger partial charge in [0.25, 0.3) is 0 Å². The molecule has 0 saturated carbocycles. The number of nitrogens with one attached hydrogen (secondary N) is 1. The van der Waals surface area contributed by atoms with Crippen LogP contribution in [0.4, 0.5) is 5.69 Å². The van der Waals surface area contributed by atoms with Crippen LogP contribution in [0.15, 0.2) is 42.5 Å². The molecule has 3 rings (SSSR count). The molecular weight excluding hydrogens is 396 g/mol. The fourth-order valence-electron chi connectivity index (χ4n) is 4.11. The maximum Gasteiger partial charge on any atom is 0.241 e. The van der Waals surface area contributed by atoms with Crippen molar-refractivity contribution in [3.05, 3.63) is 64.7 Å². The summed E-state index contributed by atoms with van der Waals surface area (Å²) in [5.41, 5.74) is 5.28. The van der Waals surface area contributed by atoms with Crippen molar-refractivity contribution in [2.45, 2.75) is 58.4 Å². The van der Waals surface area contributed by atoms with E-state index < -0.39 is 10.0 Å². The lowest BCUT2D eigenvalue weighted by atomic mass is 9.89. The molecule has 2 aromatic carbocycles. The molecule has 1 atom stereocenters. The maximum absolute atomic E-state index is 12.8. The molecule has 5 nitrogen and oxygen atoms in total. The molecule has 1 N–H and O–H groups in total. The first-order valence-corrected chi connectivity index (χ1v) is 12.5. The number of nitrogens with zero attached hydrogens (tertiary/aromatic N) is 1. The molecule has 0 bridgehead atoms. The summed E-state index contributed by atoms with van der Waals surface area (Å²) in [6, 6.07) is 13.6. The quantitative estimate of drug-likeness (QED) is 0.714. The summed E-state index contributed by atoms with van der Waals surface area (Å²) in [5.74, 6) is -0.174. The highest BCUT2D eigenvalue weighted by Gasteiger charge is 2.25. The second-order valence-corrected chi connectivity index (χ2v) is 10.4. The smallest absolute Gasteiger partial charge is 0.241 e. The summed E-state index contributed by atoms with van der Waals surface area (Å²) in [4.78, 5) is 12.8. The number of fused-ring (bicyclic) bond motifs is 1. The zero-order valence-corrected chi connectivity index (χ0v) is 19.1. The molecule has 1 aliphatic carbocycles. The second kappa shape index (κ2) is 9.21. The third-order valence-electron chi connectivity index (χ3n) is 5.77. The van der Waals surface area contributed by atoms with Gasteiger partial charge in [0.1, 0.15) is 6.54 Å². The Bertz CT molecular complexity index is 1010. The highest BCUT2D eigenvalue weighted by atomic mass is 32.2. The Morgan fingerprint density at radius 3 is 2.37 bits per heavy atom. The minimum atomic E-state index is -3.61. The summed E-state index contributed by atoms with van der Waals surface area (Å²) in [7, 11) is -3.61. The van der Waals surface area contributed by atoms with Crippen LogP contribution in [-0.4, -0.2) is 27.1 Å². The summed E-state index contributed by atoms with van der Waals surface area (Å²) in [6.07, 6.45) is 5.78. The average molecular weight is 429 g/mol. The lowest BCUT2D eigenvalue weighted by Gasteiger charge is -2.26. The number of sulfonamides is 1. The van der Waals surface area contributed by atoms with E-state index in [1.807, 2.05) is 32.9 Å². The SMILES string of the molecule is CC(C)c1ccccc1N(CC(=O)N[C@H](C)c1ccc2c(c1)CCCC2)S(C)(=O)=O. The number of aryl methyl sites for hydroxylation is 2. The van der Waals surface area contributed by atoms with Gasteiger partial charge in [-0.05, 0) is 66.8 Å². The van der Waals surface area contributed by atoms with Gasteiger partial charge in [-0.2, -0.15) is 0 Å². The number of anilines is 1. The van der Waals surface area contributed by atoms with E-state index in [0.717, 1.165) is 30.2 Å². The van der Waals surface area contributed by atoms with Crippen LogP contribution in [0.2, 0.25) is 0 Å². The molecular formula is C24H32N2O3S. The number of hydrogen-bond acceptors (Lipinski definition) is 3. The Balaban J connectivity index is 1.77. The predicted molar refractivity (Wildman–Crippen MR) is 122 cm³/mol. The number of benzene rings is 2. The van der Waals surface area contributed by atoms with Gasteiger partial charge in [-0.25, -0.2) is 8.42 Å². The molecule has 0 spiro atoms.